The number of amides is 1. The van der Waals surface area contributed by atoms with Gasteiger partial charge in [0.05, 0.1) is 18.8 Å². The minimum absolute atomic E-state index is 0.00991. The molecule has 0 aliphatic carbocycles. The van der Waals surface area contributed by atoms with Crippen molar-refractivity contribution in [3.8, 4) is 0 Å². The highest BCUT2D eigenvalue weighted by atomic mass is 79.9. The van der Waals surface area contributed by atoms with Gasteiger partial charge in [-0.2, -0.15) is 0 Å². The third-order valence-electron chi connectivity index (χ3n) is 2.91. The van der Waals surface area contributed by atoms with Gasteiger partial charge in [-0.15, -0.1) is 0 Å². The molecule has 1 aromatic heterocycles. The Balaban J connectivity index is 2.63. The van der Waals surface area contributed by atoms with Crippen molar-refractivity contribution in [2.45, 2.75) is 20.8 Å². The van der Waals surface area contributed by atoms with Crippen LogP contribution in [0, 0.1) is 20.8 Å². The largest absolute Gasteiger partial charge is 0.466 e. The lowest BCUT2D eigenvalue weighted by molar-refractivity contribution is 0.0711. The second-order valence-electron chi connectivity index (χ2n) is 4.24. The Labute approximate surface area is 116 Å². The molecule has 4 nitrogen and oxygen atoms in total. The van der Waals surface area contributed by atoms with Crippen LogP contribution in [-0.2, 0) is 4.74 Å². The summed E-state index contributed by atoms with van der Waals surface area (Å²) in [5, 5.41) is 0.809. The summed E-state index contributed by atoms with van der Waals surface area (Å²) in [5.41, 5.74) is 1.60. The molecule has 0 radical (unpaired) electrons. The highest BCUT2D eigenvalue weighted by Crippen LogP contribution is 2.21. The second kappa shape index (κ2) is 6.95. The van der Waals surface area contributed by atoms with Crippen LogP contribution in [0.1, 0.15) is 27.4 Å². The quantitative estimate of drug-likeness (QED) is 0.598. The van der Waals surface area contributed by atoms with E-state index in [2.05, 4.69) is 15.9 Å². The van der Waals surface area contributed by atoms with Crippen LogP contribution < -0.4 is 0 Å². The van der Waals surface area contributed by atoms with E-state index in [-0.39, 0.29) is 5.91 Å². The van der Waals surface area contributed by atoms with E-state index in [9.17, 15) is 4.79 Å². The number of carbonyl (C=O) groups is 1. The number of rotatable bonds is 6. The van der Waals surface area contributed by atoms with Gasteiger partial charge in [0, 0.05) is 24.5 Å². The number of alkyl halides is 1. The number of hydrogen-bond donors (Lipinski definition) is 0. The lowest BCUT2D eigenvalue weighted by atomic mass is 10.1. The number of ether oxygens (including phenoxy) is 1. The molecule has 1 heterocycles. The molecule has 0 bridgehead atoms. The van der Waals surface area contributed by atoms with E-state index in [1.54, 1.807) is 11.9 Å². The third kappa shape index (κ3) is 3.59. The predicted octanol–water partition coefficient (Wildman–Crippen LogP) is 2.69. The Hall–Kier alpha value is -0.810. The third-order valence-corrected chi connectivity index (χ3v) is 3.24. The fourth-order valence-corrected chi connectivity index (χ4v) is 1.99. The maximum Gasteiger partial charge on any atom is 0.257 e. The van der Waals surface area contributed by atoms with Crippen LogP contribution in [0.4, 0.5) is 0 Å². The highest BCUT2D eigenvalue weighted by Gasteiger charge is 2.21. The molecular formula is C13H20BrNO3. The summed E-state index contributed by atoms with van der Waals surface area (Å²) in [6.07, 6.45) is 0. The number of nitrogens with zero attached hydrogens (tertiary/aromatic N) is 1. The van der Waals surface area contributed by atoms with Crippen molar-refractivity contribution in [1.29, 1.82) is 0 Å². The SMILES string of the molecule is Cc1oc(C)c(C(=O)N(C)CCOCCBr)c1C. The molecule has 0 N–H and O–H groups in total. The zero-order valence-electron chi connectivity index (χ0n) is 11.4. The van der Waals surface area contributed by atoms with Gasteiger partial charge in [0.15, 0.2) is 0 Å². The molecule has 1 amide bonds. The number of hydrogen-bond acceptors (Lipinski definition) is 3. The number of likely N-dealkylation sites (N-methyl/N-ethyl adjacent to an activating group) is 1. The summed E-state index contributed by atoms with van der Waals surface area (Å²) < 4.78 is 10.8. The average molecular weight is 318 g/mol. The van der Waals surface area contributed by atoms with E-state index in [0.717, 1.165) is 16.7 Å². The smallest absolute Gasteiger partial charge is 0.257 e. The number of halogens is 1. The van der Waals surface area contributed by atoms with Crippen molar-refractivity contribution in [2.24, 2.45) is 0 Å². The first-order valence-corrected chi connectivity index (χ1v) is 7.07. The molecule has 0 saturated carbocycles. The fourth-order valence-electron chi connectivity index (χ4n) is 1.76. The predicted molar refractivity (Wildman–Crippen MR) is 74.5 cm³/mol. The Morgan fingerprint density at radius 2 is 1.94 bits per heavy atom. The van der Waals surface area contributed by atoms with Gasteiger partial charge in [-0.05, 0) is 20.8 Å². The monoisotopic (exact) mass is 317 g/mol. The number of furan rings is 1. The van der Waals surface area contributed by atoms with Gasteiger partial charge in [0.1, 0.15) is 11.5 Å². The first-order valence-electron chi connectivity index (χ1n) is 5.94. The molecule has 0 fully saturated rings. The van der Waals surface area contributed by atoms with Gasteiger partial charge in [0.2, 0.25) is 0 Å². The summed E-state index contributed by atoms with van der Waals surface area (Å²) in [6.45, 7) is 7.39. The van der Waals surface area contributed by atoms with Gasteiger partial charge < -0.3 is 14.1 Å². The normalized spacial score (nSPS) is 10.7. The van der Waals surface area contributed by atoms with Crippen LogP contribution in [0.3, 0.4) is 0 Å². The topological polar surface area (TPSA) is 42.7 Å². The summed E-state index contributed by atoms with van der Waals surface area (Å²) in [4.78, 5) is 13.9. The molecule has 18 heavy (non-hydrogen) atoms. The molecule has 1 aromatic rings. The summed E-state index contributed by atoms with van der Waals surface area (Å²) in [7, 11) is 1.78. The zero-order chi connectivity index (χ0) is 13.7. The molecule has 102 valence electrons. The Kier molecular flexibility index (Phi) is 5.88. The minimum atomic E-state index is -0.00991. The Bertz CT molecular complexity index is 415. The van der Waals surface area contributed by atoms with Gasteiger partial charge in [-0.25, -0.2) is 0 Å². The minimum Gasteiger partial charge on any atom is -0.466 e. The van der Waals surface area contributed by atoms with Gasteiger partial charge in [-0.1, -0.05) is 15.9 Å². The molecule has 0 spiro atoms. The lowest BCUT2D eigenvalue weighted by Gasteiger charge is -2.17. The molecule has 1 rings (SSSR count). The zero-order valence-corrected chi connectivity index (χ0v) is 13.0. The highest BCUT2D eigenvalue weighted by molar-refractivity contribution is 9.09. The van der Waals surface area contributed by atoms with Crippen molar-refractivity contribution < 1.29 is 13.9 Å². The molecule has 0 unspecified atom stereocenters. The van der Waals surface area contributed by atoms with Crippen LogP contribution in [-0.4, -0.2) is 42.9 Å². The maximum atomic E-state index is 12.3. The van der Waals surface area contributed by atoms with Crippen LogP contribution in [0.25, 0.3) is 0 Å². The van der Waals surface area contributed by atoms with Crippen molar-refractivity contribution in [3.05, 3.63) is 22.6 Å². The van der Waals surface area contributed by atoms with Crippen molar-refractivity contribution in [2.75, 3.05) is 32.1 Å². The summed E-state index contributed by atoms with van der Waals surface area (Å²) in [5.74, 6) is 1.48. The lowest BCUT2D eigenvalue weighted by Crippen LogP contribution is -2.31. The molecule has 0 aromatic carbocycles. The van der Waals surface area contributed by atoms with Gasteiger partial charge in [0.25, 0.3) is 5.91 Å². The van der Waals surface area contributed by atoms with Crippen LogP contribution in [0.2, 0.25) is 0 Å². The van der Waals surface area contributed by atoms with E-state index >= 15 is 0 Å². The molecule has 0 aliphatic heterocycles. The molecule has 5 heteroatoms. The Morgan fingerprint density at radius 3 is 2.44 bits per heavy atom. The van der Waals surface area contributed by atoms with Crippen molar-refractivity contribution in [3.63, 3.8) is 0 Å². The fraction of sp³-hybridized carbons (Fsp3) is 0.615. The number of carbonyl (C=O) groups excluding carboxylic acids is 1. The Morgan fingerprint density at radius 1 is 1.28 bits per heavy atom. The van der Waals surface area contributed by atoms with E-state index in [1.165, 1.54) is 0 Å². The summed E-state index contributed by atoms with van der Waals surface area (Å²) >= 11 is 3.29. The average Bonchev–Trinajstić information content (AvgIpc) is 2.58. The molecule has 0 atom stereocenters. The molecule has 0 aliphatic rings. The summed E-state index contributed by atoms with van der Waals surface area (Å²) in [6, 6.07) is 0. The van der Waals surface area contributed by atoms with Crippen LogP contribution >= 0.6 is 15.9 Å². The van der Waals surface area contributed by atoms with Gasteiger partial charge in [-0.3, -0.25) is 4.79 Å². The van der Waals surface area contributed by atoms with Crippen molar-refractivity contribution >= 4 is 21.8 Å². The molecular weight excluding hydrogens is 298 g/mol. The standard InChI is InChI=1S/C13H20BrNO3/c1-9-10(2)18-11(3)12(9)13(16)15(4)6-8-17-7-5-14/h5-8H2,1-4H3. The van der Waals surface area contributed by atoms with E-state index in [4.69, 9.17) is 9.15 Å². The first kappa shape index (κ1) is 15.2. The van der Waals surface area contributed by atoms with Crippen LogP contribution in [0.5, 0.6) is 0 Å². The van der Waals surface area contributed by atoms with Crippen LogP contribution in [0.15, 0.2) is 4.42 Å². The first-order chi connectivity index (χ1) is 8.49. The second-order valence-corrected chi connectivity index (χ2v) is 5.04. The van der Waals surface area contributed by atoms with Crippen molar-refractivity contribution in [1.82, 2.24) is 4.90 Å². The van der Waals surface area contributed by atoms with Gasteiger partial charge >= 0.3 is 0 Å². The van der Waals surface area contributed by atoms with E-state index in [0.29, 0.717) is 31.1 Å². The van der Waals surface area contributed by atoms with E-state index in [1.807, 2.05) is 20.8 Å². The molecule has 0 saturated heterocycles. The maximum absolute atomic E-state index is 12.3. The van der Waals surface area contributed by atoms with E-state index < -0.39 is 0 Å². The number of aryl methyl sites for hydroxylation is 2.